The zero-order chi connectivity index (χ0) is 17.5. The lowest BCUT2D eigenvalue weighted by molar-refractivity contribution is -0.122. The Balaban J connectivity index is 1.83. The number of amides is 2. The lowest BCUT2D eigenvalue weighted by atomic mass is 10.00. The maximum Gasteiger partial charge on any atom is 0.253 e. The van der Waals surface area contributed by atoms with Crippen LogP contribution in [0.15, 0.2) is 24.3 Å². The Bertz CT molecular complexity index is 552. The predicted octanol–water partition coefficient (Wildman–Crippen LogP) is 2.30. The molecule has 1 aromatic rings. The molecule has 1 aromatic carbocycles. The van der Waals surface area contributed by atoms with Crippen molar-refractivity contribution in [2.45, 2.75) is 52.1 Å². The second kappa shape index (κ2) is 8.83. The number of benzene rings is 1. The van der Waals surface area contributed by atoms with Crippen LogP contribution < -0.4 is 11.1 Å². The van der Waals surface area contributed by atoms with E-state index in [2.05, 4.69) is 5.32 Å². The molecule has 0 spiro atoms. The Morgan fingerprint density at radius 1 is 1.17 bits per heavy atom. The lowest BCUT2D eigenvalue weighted by Gasteiger charge is -2.18. The number of hydrogen-bond acceptors (Lipinski definition) is 3. The quantitative estimate of drug-likeness (QED) is 0.805. The molecule has 24 heavy (non-hydrogen) atoms. The molecule has 0 heterocycles. The smallest absolute Gasteiger partial charge is 0.253 e. The minimum Gasteiger partial charge on any atom is -0.352 e. The minimum atomic E-state index is 0.0470. The number of hydrogen-bond donors (Lipinski definition) is 2. The lowest BCUT2D eigenvalue weighted by Crippen LogP contribution is -2.31. The van der Waals surface area contributed by atoms with Crippen LogP contribution in [-0.4, -0.2) is 35.8 Å². The van der Waals surface area contributed by atoms with E-state index in [-0.39, 0.29) is 17.9 Å². The number of nitrogens with two attached hydrogens (primary N) is 1. The van der Waals surface area contributed by atoms with Gasteiger partial charge >= 0.3 is 0 Å². The van der Waals surface area contributed by atoms with Gasteiger partial charge in [0.05, 0.1) is 0 Å². The van der Waals surface area contributed by atoms with E-state index >= 15 is 0 Å². The summed E-state index contributed by atoms with van der Waals surface area (Å²) in [4.78, 5) is 26.1. The van der Waals surface area contributed by atoms with Crippen molar-refractivity contribution in [3.63, 3.8) is 0 Å². The topological polar surface area (TPSA) is 75.4 Å². The molecule has 2 amide bonds. The SMILES string of the molecule is CCN(CC)C(=O)c1ccc(CNC(=O)C[C@@H]2CCC[C@H]2N)cc1. The second-order valence-electron chi connectivity index (χ2n) is 6.51. The first-order chi connectivity index (χ1) is 11.5. The number of nitrogens with one attached hydrogen (secondary N) is 1. The molecule has 1 fully saturated rings. The van der Waals surface area contributed by atoms with Gasteiger partial charge in [0.25, 0.3) is 5.91 Å². The van der Waals surface area contributed by atoms with Crippen molar-refractivity contribution in [2.24, 2.45) is 11.7 Å². The Hall–Kier alpha value is -1.88. The third kappa shape index (κ3) is 4.81. The van der Waals surface area contributed by atoms with E-state index in [4.69, 9.17) is 5.73 Å². The van der Waals surface area contributed by atoms with Crippen LogP contribution in [0.3, 0.4) is 0 Å². The molecular weight excluding hydrogens is 302 g/mol. The number of carbonyl (C=O) groups excluding carboxylic acids is 2. The zero-order valence-electron chi connectivity index (χ0n) is 14.8. The molecule has 0 bridgehead atoms. The molecule has 0 radical (unpaired) electrons. The number of rotatable bonds is 7. The highest BCUT2D eigenvalue weighted by atomic mass is 16.2. The molecule has 2 rings (SSSR count). The summed E-state index contributed by atoms with van der Waals surface area (Å²) < 4.78 is 0. The van der Waals surface area contributed by atoms with E-state index in [9.17, 15) is 9.59 Å². The summed E-state index contributed by atoms with van der Waals surface area (Å²) >= 11 is 0. The maximum atomic E-state index is 12.3. The monoisotopic (exact) mass is 331 g/mol. The third-order valence-corrected chi connectivity index (χ3v) is 4.91. The van der Waals surface area contributed by atoms with Gasteiger partial charge in [-0.2, -0.15) is 0 Å². The Kier molecular flexibility index (Phi) is 6.79. The van der Waals surface area contributed by atoms with Crippen LogP contribution in [0.1, 0.15) is 55.5 Å². The standard InChI is InChI=1S/C19H29N3O2/c1-3-22(4-2)19(24)15-10-8-14(9-11-15)13-21-18(23)12-16-6-5-7-17(16)20/h8-11,16-17H,3-7,12-13,20H2,1-2H3,(H,21,23)/t16-,17+/m0/s1. The van der Waals surface area contributed by atoms with Crippen molar-refractivity contribution in [3.05, 3.63) is 35.4 Å². The fourth-order valence-electron chi connectivity index (χ4n) is 3.29. The average Bonchev–Trinajstić information content (AvgIpc) is 2.99. The van der Waals surface area contributed by atoms with Gasteiger partial charge in [0.1, 0.15) is 0 Å². The highest BCUT2D eigenvalue weighted by Gasteiger charge is 2.25. The van der Waals surface area contributed by atoms with Crippen molar-refractivity contribution in [2.75, 3.05) is 13.1 Å². The Morgan fingerprint density at radius 3 is 2.38 bits per heavy atom. The first-order valence-electron chi connectivity index (χ1n) is 8.95. The summed E-state index contributed by atoms with van der Waals surface area (Å²) in [5.74, 6) is 0.422. The van der Waals surface area contributed by atoms with Gasteiger partial charge in [0.2, 0.25) is 5.91 Å². The molecule has 132 valence electrons. The normalized spacial score (nSPS) is 20.0. The maximum absolute atomic E-state index is 12.3. The number of carbonyl (C=O) groups is 2. The van der Waals surface area contributed by atoms with Crippen molar-refractivity contribution in [1.29, 1.82) is 0 Å². The highest BCUT2D eigenvalue weighted by molar-refractivity contribution is 5.94. The molecule has 0 aliphatic heterocycles. The summed E-state index contributed by atoms with van der Waals surface area (Å²) in [5.41, 5.74) is 7.69. The van der Waals surface area contributed by atoms with Crippen LogP contribution in [0.2, 0.25) is 0 Å². The van der Waals surface area contributed by atoms with E-state index in [0.717, 1.165) is 24.8 Å². The molecule has 0 unspecified atom stereocenters. The Morgan fingerprint density at radius 2 is 1.83 bits per heavy atom. The van der Waals surface area contributed by atoms with Gasteiger partial charge in [0.15, 0.2) is 0 Å². The van der Waals surface area contributed by atoms with Crippen molar-refractivity contribution in [3.8, 4) is 0 Å². The average molecular weight is 331 g/mol. The molecular formula is C19H29N3O2. The van der Waals surface area contributed by atoms with Gasteiger partial charge in [-0.15, -0.1) is 0 Å². The molecule has 1 aliphatic carbocycles. The highest BCUT2D eigenvalue weighted by Crippen LogP contribution is 2.26. The van der Waals surface area contributed by atoms with Crippen LogP contribution in [0.25, 0.3) is 0 Å². The van der Waals surface area contributed by atoms with Gasteiger partial charge in [-0.1, -0.05) is 18.6 Å². The van der Waals surface area contributed by atoms with Gasteiger partial charge in [-0.25, -0.2) is 0 Å². The molecule has 5 nitrogen and oxygen atoms in total. The van der Waals surface area contributed by atoms with E-state index in [0.29, 0.717) is 37.5 Å². The minimum absolute atomic E-state index is 0.0470. The number of nitrogens with zero attached hydrogens (tertiary/aromatic N) is 1. The van der Waals surface area contributed by atoms with E-state index in [1.165, 1.54) is 0 Å². The van der Waals surface area contributed by atoms with E-state index < -0.39 is 0 Å². The first kappa shape index (κ1) is 18.5. The van der Waals surface area contributed by atoms with Crippen molar-refractivity contribution >= 4 is 11.8 Å². The van der Waals surface area contributed by atoms with Gasteiger partial charge in [0, 0.05) is 37.7 Å². The van der Waals surface area contributed by atoms with Crippen LogP contribution in [0.4, 0.5) is 0 Å². The Labute approximate surface area is 144 Å². The predicted molar refractivity (Wildman–Crippen MR) is 95.5 cm³/mol. The summed E-state index contributed by atoms with van der Waals surface area (Å²) in [6.45, 7) is 5.84. The largest absolute Gasteiger partial charge is 0.352 e. The van der Waals surface area contributed by atoms with Crippen LogP contribution in [0, 0.1) is 5.92 Å². The van der Waals surface area contributed by atoms with E-state index in [1.807, 2.05) is 38.1 Å². The van der Waals surface area contributed by atoms with Crippen LogP contribution in [0.5, 0.6) is 0 Å². The molecule has 0 saturated heterocycles. The van der Waals surface area contributed by atoms with Crippen molar-refractivity contribution in [1.82, 2.24) is 10.2 Å². The van der Waals surface area contributed by atoms with E-state index in [1.54, 1.807) is 4.90 Å². The summed E-state index contributed by atoms with van der Waals surface area (Å²) in [7, 11) is 0. The van der Waals surface area contributed by atoms with Gasteiger partial charge < -0.3 is 16.0 Å². The third-order valence-electron chi connectivity index (χ3n) is 4.91. The van der Waals surface area contributed by atoms with Crippen LogP contribution in [-0.2, 0) is 11.3 Å². The molecule has 1 aliphatic rings. The summed E-state index contributed by atoms with van der Waals surface area (Å²) in [6, 6.07) is 7.63. The summed E-state index contributed by atoms with van der Waals surface area (Å²) in [5, 5.41) is 2.95. The molecule has 1 saturated carbocycles. The first-order valence-corrected chi connectivity index (χ1v) is 8.95. The summed E-state index contributed by atoms with van der Waals surface area (Å²) in [6.07, 6.45) is 3.72. The van der Waals surface area contributed by atoms with Gasteiger partial charge in [-0.3, -0.25) is 9.59 Å². The van der Waals surface area contributed by atoms with Crippen molar-refractivity contribution < 1.29 is 9.59 Å². The fourth-order valence-corrected chi connectivity index (χ4v) is 3.29. The molecule has 3 N–H and O–H groups in total. The molecule has 2 atom stereocenters. The zero-order valence-corrected chi connectivity index (χ0v) is 14.8. The molecule has 5 heteroatoms. The fraction of sp³-hybridized carbons (Fsp3) is 0.579. The second-order valence-corrected chi connectivity index (χ2v) is 6.51. The van der Waals surface area contributed by atoms with Gasteiger partial charge in [-0.05, 0) is 50.3 Å². The van der Waals surface area contributed by atoms with Crippen LogP contribution >= 0.6 is 0 Å². The molecule has 0 aromatic heterocycles.